The van der Waals surface area contributed by atoms with Gasteiger partial charge in [-0.1, -0.05) is 25.0 Å². The second kappa shape index (κ2) is 10.2. The molecule has 2 aliphatic heterocycles. The minimum atomic E-state index is -0.702. The van der Waals surface area contributed by atoms with Crippen LogP contribution in [0.4, 0.5) is 11.5 Å². The van der Waals surface area contributed by atoms with Gasteiger partial charge in [0, 0.05) is 24.8 Å². The van der Waals surface area contributed by atoms with Crippen LogP contribution in [0, 0.1) is 25.2 Å². The summed E-state index contributed by atoms with van der Waals surface area (Å²) in [5, 5.41) is 12.9. The normalized spacial score (nSPS) is 20.0. The van der Waals surface area contributed by atoms with E-state index in [1.165, 1.54) is 0 Å². The van der Waals surface area contributed by atoms with E-state index < -0.39 is 6.10 Å². The largest absolute Gasteiger partial charge is 0.477 e. The fourth-order valence-electron chi connectivity index (χ4n) is 5.62. The maximum absolute atomic E-state index is 13.4. The van der Waals surface area contributed by atoms with Crippen molar-refractivity contribution in [2.24, 2.45) is 0 Å². The Morgan fingerprint density at radius 1 is 1.14 bits per heavy atom. The lowest BCUT2D eigenvalue weighted by Gasteiger charge is -2.38. The van der Waals surface area contributed by atoms with Gasteiger partial charge in [0.15, 0.2) is 6.10 Å². The van der Waals surface area contributed by atoms with Gasteiger partial charge in [0.25, 0.3) is 5.91 Å². The fraction of sp³-hybridized carbons (Fsp3) is 0.519. The number of aromatic nitrogens is 1. The topological polar surface area (TPSA) is 99.8 Å². The number of amides is 2. The average Bonchev–Trinajstić information content (AvgIpc) is 3.50. The number of fused-ring (bicyclic) bond motifs is 1. The highest BCUT2D eigenvalue weighted by Crippen LogP contribution is 2.38. The van der Waals surface area contributed by atoms with Gasteiger partial charge < -0.3 is 29.2 Å². The van der Waals surface area contributed by atoms with Gasteiger partial charge in [0.05, 0.1) is 37.6 Å². The van der Waals surface area contributed by atoms with Crippen molar-refractivity contribution in [1.82, 2.24) is 9.47 Å². The molecule has 9 nitrogen and oxygen atoms in total. The van der Waals surface area contributed by atoms with Crippen molar-refractivity contribution in [3.05, 3.63) is 41.1 Å². The summed E-state index contributed by atoms with van der Waals surface area (Å²) in [6.45, 7) is 6.38. The highest BCUT2D eigenvalue weighted by atomic mass is 16.5. The SMILES string of the molecule is Cc1c(C#N)c(NC(=O)CN2CC(C(=O)N3CCOCC3)Oc3ccccc32)n(C2CCCC2)c1C. The van der Waals surface area contributed by atoms with Crippen LogP contribution in [0.3, 0.4) is 0 Å². The minimum Gasteiger partial charge on any atom is -0.477 e. The lowest BCUT2D eigenvalue weighted by Crippen LogP contribution is -2.53. The maximum Gasteiger partial charge on any atom is 0.265 e. The van der Waals surface area contributed by atoms with E-state index in [-0.39, 0.29) is 24.9 Å². The van der Waals surface area contributed by atoms with Gasteiger partial charge in [0.1, 0.15) is 17.6 Å². The smallest absolute Gasteiger partial charge is 0.265 e. The predicted molar refractivity (Wildman–Crippen MR) is 135 cm³/mol. The number of hydrogen-bond donors (Lipinski definition) is 1. The van der Waals surface area contributed by atoms with Gasteiger partial charge in [-0.2, -0.15) is 5.26 Å². The van der Waals surface area contributed by atoms with Crippen LogP contribution in [0.5, 0.6) is 5.75 Å². The number of morpholine rings is 1. The Bertz CT molecular complexity index is 1190. The van der Waals surface area contributed by atoms with Gasteiger partial charge >= 0.3 is 0 Å². The van der Waals surface area contributed by atoms with Crippen LogP contribution >= 0.6 is 0 Å². The third-order valence-corrected chi connectivity index (χ3v) is 7.61. The Hall–Kier alpha value is -3.51. The molecule has 1 aromatic carbocycles. The van der Waals surface area contributed by atoms with Crippen LogP contribution in [0.1, 0.15) is 48.5 Å². The van der Waals surface area contributed by atoms with Gasteiger partial charge in [-0.25, -0.2) is 0 Å². The lowest BCUT2D eigenvalue weighted by atomic mass is 10.1. The quantitative estimate of drug-likeness (QED) is 0.690. The van der Waals surface area contributed by atoms with Crippen molar-refractivity contribution in [2.75, 3.05) is 49.6 Å². The summed E-state index contributed by atoms with van der Waals surface area (Å²) in [6.07, 6.45) is 3.70. The van der Waals surface area contributed by atoms with Gasteiger partial charge in [-0.05, 0) is 44.4 Å². The Labute approximate surface area is 211 Å². The molecule has 9 heteroatoms. The zero-order valence-corrected chi connectivity index (χ0v) is 21.0. The average molecular weight is 492 g/mol. The first-order valence-electron chi connectivity index (χ1n) is 12.8. The van der Waals surface area contributed by atoms with E-state index in [9.17, 15) is 14.9 Å². The number of benzene rings is 1. The molecule has 0 spiro atoms. The summed E-state index contributed by atoms with van der Waals surface area (Å²) in [6, 6.07) is 10.1. The molecule has 3 aliphatic rings. The number of carbonyl (C=O) groups is 2. The van der Waals surface area contributed by atoms with Gasteiger partial charge in [-0.3, -0.25) is 9.59 Å². The number of rotatable bonds is 5. The van der Waals surface area contributed by atoms with Crippen molar-refractivity contribution in [1.29, 1.82) is 5.26 Å². The summed E-state index contributed by atoms with van der Waals surface area (Å²) in [7, 11) is 0. The van der Waals surface area contributed by atoms with Crippen LogP contribution in [-0.4, -0.2) is 66.8 Å². The first-order valence-corrected chi connectivity index (χ1v) is 12.8. The second-order valence-corrected chi connectivity index (χ2v) is 9.79. The number of anilines is 2. The highest BCUT2D eigenvalue weighted by Gasteiger charge is 2.35. The lowest BCUT2D eigenvalue weighted by molar-refractivity contribution is -0.142. The molecule has 1 saturated heterocycles. The molecule has 0 radical (unpaired) electrons. The number of nitrogens with zero attached hydrogens (tertiary/aromatic N) is 4. The number of nitriles is 1. The molecule has 1 atom stereocenters. The standard InChI is InChI=1S/C27H33N5O4/c1-18-19(2)32(20-7-3-4-8-20)26(21(18)15-28)29-25(33)17-31-16-24(27(34)30-11-13-35-14-12-30)36-23-10-6-5-9-22(23)31/h5-6,9-10,20,24H,3-4,7-8,11-14,16-17H2,1-2H3,(H,29,33). The fourth-order valence-corrected chi connectivity index (χ4v) is 5.62. The number of nitrogens with one attached hydrogen (secondary N) is 1. The molecule has 1 aromatic heterocycles. The number of hydrogen-bond acceptors (Lipinski definition) is 6. The van der Waals surface area contributed by atoms with Crippen LogP contribution in [-0.2, 0) is 14.3 Å². The zero-order valence-electron chi connectivity index (χ0n) is 21.0. The summed E-state index contributed by atoms with van der Waals surface area (Å²) in [4.78, 5) is 30.2. The number of ether oxygens (including phenoxy) is 2. The molecule has 3 heterocycles. The summed E-state index contributed by atoms with van der Waals surface area (Å²) in [5.74, 6) is 0.859. The molecule has 190 valence electrons. The molecular weight excluding hydrogens is 458 g/mol. The minimum absolute atomic E-state index is 0.0477. The van der Waals surface area contributed by atoms with Crippen molar-refractivity contribution >= 4 is 23.3 Å². The second-order valence-electron chi connectivity index (χ2n) is 9.79. The molecular formula is C27H33N5O4. The van der Waals surface area contributed by atoms with Crippen LogP contribution in [0.15, 0.2) is 24.3 Å². The highest BCUT2D eigenvalue weighted by molar-refractivity contribution is 5.95. The molecule has 2 aromatic rings. The third kappa shape index (κ3) is 4.53. The Morgan fingerprint density at radius 2 is 1.86 bits per heavy atom. The van der Waals surface area contributed by atoms with Crippen LogP contribution < -0.4 is 15.0 Å². The monoisotopic (exact) mass is 491 g/mol. The molecule has 1 N–H and O–H groups in total. The molecule has 2 fully saturated rings. The summed E-state index contributed by atoms with van der Waals surface area (Å²) < 4.78 is 13.6. The van der Waals surface area contributed by atoms with E-state index in [0.29, 0.717) is 49.5 Å². The van der Waals surface area contributed by atoms with E-state index in [0.717, 1.165) is 42.6 Å². The van der Waals surface area contributed by atoms with Crippen molar-refractivity contribution in [3.8, 4) is 11.8 Å². The van der Waals surface area contributed by atoms with Crippen molar-refractivity contribution in [3.63, 3.8) is 0 Å². The summed E-state index contributed by atoms with van der Waals surface area (Å²) >= 11 is 0. The number of para-hydroxylation sites is 2. The molecule has 2 amide bonds. The van der Waals surface area contributed by atoms with Crippen LogP contribution in [0.2, 0.25) is 0 Å². The Kier molecular flexibility index (Phi) is 6.88. The zero-order chi connectivity index (χ0) is 25.2. The molecule has 5 rings (SSSR count). The van der Waals surface area contributed by atoms with Crippen molar-refractivity contribution in [2.45, 2.75) is 51.7 Å². The molecule has 1 saturated carbocycles. The first kappa shape index (κ1) is 24.2. The summed E-state index contributed by atoms with van der Waals surface area (Å²) in [5.41, 5.74) is 3.24. The first-order chi connectivity index (χ1) is 17.5. The Morgan fingerprint density at radius 3 is 2.58 bits per heavy atom. The van der Waals surface area contributed by atoms with Gasteiger partial charge in [0.2, 0.25) is 5.91 Å². The van der Waals surface area contributed by atoms with E-state index in [1.54, 1.807) is 4.90 Å². The van der Waals surface area contributed by atoms with Crippen molar-refractivity contribution < 1.29 is 19.1 Å². The molecule has 36 heavy (non-hydrogen) atoms. The molecule has 0 bridgehead atoms. The van der Waals surface area contributed by atoms with Gasteiger partial charge in [-0.15, -0.1) is 0 Å². The van der Waals surface area contributed by atoms with Crippen LogP contribution in [0.25, 0.3) is 0 Å². The predicted octanol–water partition coefficient (Wildman–Crippen LogP) is 3.16. The van der Waals surface area contributed by atoms with E-state index in [1.807, 2.05) is 43.0 Å². The van der Waals surface area contributed by atoms with E-state index in [4.69, 9.17) is 9.47 Å². The Balaban J connectivity index is 1.37. The molecule has 1 unspecified atom stereocenters. The van der Waals surface area contributed by atoms with E-state index in [2.05, 4.69) is 16.0 Å². The molecule has 1 aliphatic carbocycles. The third-order valence-electron chi connectivity index (χ3n) is 7.61. The number of carbonyl (C=O) groups excluding carboxylic acids is 2. The van der Waals surface area contributed by atoms with E-state index >= 15 is 0 Å². The maximum atomic E-state index is 13.4.